The quantitative estimate of drug-likeness (QED) is 0.314. The number of hydrazone groups is 1. The Balaban J connectivity index is 1.69. The van der Waals surface area contributed by atoms with Crippen LogP contribution in [0.1, 0.15) is 68.2 Å². The Labute approximate surface area is 213 Å². The number of rotatable bonds is 8. The van der Waals surface area contributed by atoms with E-state index in [1.54, 1.807) is 13.1 Å². The summed E-state index contributed by atoms with van der Waals surface area (Å²) in [7, 11) is 0. The monoisotopic (exact) mass is 488 g/mol. The first-order chi connectivity index (χ1) is 17.1. The zero-order valence-electron chi connectivity index (χ0n) is 22.0. The fraction of sp³-hybridized carbons (Fsp3) is 0.345. The zero-order valence-corrected chi connectivity index (χ0v) is 22.0. The maximum absolute atomic E-state index is 12.6. The number of nitrogens with zero attached hydrogens (tertiary/aromatic N) is 2. The summed E-state index contributed by atoms with van der Waals surface area (Å²) >= 11 is 0. The molecule has 0 bridgehead atoms. The van der Waals surface area contributed by atoms with Gasteiger partial charge in [-0.15, -0.1) is 0 Å². The van der Waals surface area contributed by atoms with Crippen LogP contribution in [0, 0.1) is 13.8 Å². The molecule has 0 aliphatic carbocycles. The second-order valence-electron chi connectivity index (χ2n) is 9.78. The minimum Gasteiger partial charge on any atom is -0.450 e. The fourth-order valence-corrected chi connectivity index (χ4v) is 4.08. The van der Waals surface area contributed by atoms with Gasteiger partial charge in [0.15, 0.2) is 0 Å². The van der Waals surface area contributed by atoms with E-state index in [-0.39, 0.29) is 24.3 Å². The van der Waals surface area contributed by atoms with Gasteiger partial charge in [-0.1, -0.05) is 63.2 Å². The van der Waals surface area contributed by atoms with Crippen LogP contribution >= 0.6 is 0 Å². The molecule has 36 heavy (non-hydrogen) atoms. The van der Waals surface area contributed by atoms with Crippen LogP contribution in [0.5, 0.6) is 0 Å². The molecule has 1 heterocycles. The van der Waals surface area contributed by atoms with Gasteiger partial charge in [-0.2, -0.15) is 5.10 Å². The van der Waals surface area contributed by atoms with Gasteiger partial charge in [-0.25, -0.2) is 10.2 Å². The third-order valence-corrected chi connectivity index (χ3v) is 6.01. The van der Waals surface area contributed by atoms with Crippen LogP contribution in [-0.4, -0.2) is 29.4 Å². The van der Waals surface area contributed by atoms with Crippen LogP contribution in [0.25, 0.3) is 5.69 Å². The highest BCUT2D eigenvalue weighted by molar-refractivity contribution is 5.84. The average molecular weight is 489 g/mol. The predicted molar refractivity (Wildman–Crippen MR) is 144 cm³/mol. The number of carbonyl (C=O) groups is 2. The number of amides is 2. The predicted octanol–water partition coefficient (Wildman–Crippen LogP) is 5.72. The second kappa shape index (κ2) is 11.7. The highest BCUT2D eigenvalue weighted by Gasteiger charge is 2.19. The van der Waals surface area contributed by atoms with E-state index >= 15 is 0 Å². The van der Waals surface area contributed by atoms with Crippen LogP contribution in [-0.2, 0) is 14.9 Å². The lowest BCUT2D eigenvalue weighted by Gasteiger charge is -2.20. The molecule has 2 N–H and O–H groups in total. The van der Waals surface area contributed by atoms with Crippen LogP contribution in [0.15, 0.2) is 65.8 Å². The summed E-state index contributed by atoms with van der Waals surface area (Å²) in [4.78, 5) is 24.6. The van der Waals surface area contributed by atoms with Gasteiger partial charge in [0.1, 0.15) is 0 Å². The Morgan fingerprint density at radius 3 is 2.33 bits per heavy atom. The number of nitrogens with one attached hydrogen (secondary N) is 2. The molecule has 3 aromatic rings. The summed E-state index contributed by atoms with van der Waals surface area (Å²) in [5.74, 6) is -0.316. The van der Waals surface area contributed by atoms with Crippen molar-refractivity contribution in [3.8, 4) is 5.69 Å². The van der Waals surface area contributed by atoms with Crippen molar-refractivity contribution in [1.82, 2.24) is 15.3 Å². The Kier molecular flexibility index (Phi) is 8.69. The molecular formula is C29H36N4O3. The van der Waals surface area contributed by atoms with Crippen molar-refractivity contribution in [3.05, 3.63) is 88.7 Å². The topological polar surface area (TPSA) is 84.7 Å². The number of hydrogen-bond donors (Lipinski definition) is 2. The zero-order chi connectivity index (χ0) is 26.3. The Morgan fingerprint density at radius 1 is 1.06 bits per heavy atom. The fourth-order valence-electron chi connectivity index (χ4n) is 4.08. The number of carbonyl (C=O) groups excluding carboxylic acids is 2. The second-order valence-corrected chi connectivity index (χ2v) is 9.78. The van der Waals surface area contributed by atoms with Crippen molar-refractivity contribution in [1.29, 1.82) is 0 Å². The number of hydrogen-bond acceptors (Lipinski definition) is 4. The van der Waals surface area contributed by atoms with E-state index in [9.17, 15) is 9.59 Å². The summed E-state index contributed by atoms with van der Waals surface area (Å²) in [6.45, 7) is 12.7. The Bertz CT molecular complexity index is 1210. The van der Waals surface area contributed by atoms with Crippen molar-refractivity contribution in [2.24, 2.45) is 5.10 Å². The van der Waals surface area contributed by atoms with Crippen LogP contribution < -0.4 is 10.7 Å². The van der Waals surface area contributed by atoms with E-state index in [1.165, 1.54) is 5.56 Å². The van der Waals surface area contributed by atoms with Gasteiger partial charge >= 0.3 is 6.09 Å². The van der Waals surface area contributed by atoms with Crippen molar-refractivity contribution in [2.75, 3.05) is 6.61 Å². The van der Waals surface area contributed by atoms with E-state index in [4.69, 9.17) is 4.74 Å². The Hall–Kier alpha value is -3.87. The molecule has 0 saturated carbocycles. The van der Waals surface area contributed by atoms with Gasteiger partial charge in [-0.05, 0) is 55.5 Å². The highest BCUT2D eigenvalue weighted by Crippen LogP contribution is 2.25. The summed E-state index contributed by atoms with van der Waals surface area (Å²) in [5.41, 5.74) is 8.87. The van der Waals surface area contributed by atoms with E-state index in [2.05, 4.69) is 65.4 Å². The van der Waals surface area contributed by atoms with Crippen molar-refractivity contribution in [3.63, 3.8) is 0 Å². The normalized spacial score (nSPS) is 12.4. The van der Waals surface area contributed by atoms with Crippen molar-refractivity contribution < 1.29 is 14.3 Å². The maximum Gasteiger partial charge on any atom is 0.407 e. The molecular weight excluding hydrogens is 452 g/mol. The molecule has 0 saturated heterocycles. The molecule has 0 aliphatic heterocycles. The lowest BCUT2D eigenvalue weighted by Crippen LogP contribution is -2.33. The van der Waals surface area contributed by atoms with E-state index < -0.39 is 12.1 Å². The Morgan fingerprint density at radius 2 is 1.72 bits per heavy atom. The van der Waals surface area contributed by atoms with E-state index in [1.807, 2.05) is 50.2 Å². The standard InChI is InChI=1S/C29H36N4O3/c1-7-36-28(35)31-26(22-11-9-8-10-12-22)18-27(34)32-30-19-23-17-20(2)33(21(23)3)25-15-13-24(14-16-25)29(4,5)6/h8-17,19,26H,7,18H2,1-6H3,(H,31,35)(H,32,34)/b30-19-/t26-/m1/s1. The van der Waals surface area contributed by atoms with Crippen LogP contribution in [0.4, 0.5) is 4.79 Å². The van der Waals surface area contributed by atoms with E-state index in [0.29, 0.717) is 0 Å². The minimum atomic E-state index is -0.564. The number of aromatic nitrogens is 1. The maximum atomic E-state index is 12.6. The summed E-state index contributed by atoms with van der Waals surface area (Å²) in [6, 6.07) is 19.4. The summed E-state index contributed by atoms with van der Waals surface area (Å²) < 4.78 is 7.16. The molecule has 0 spiro atoms. The first-order valence-electron chi connectivity index (χ1n) is 12.2. The number of benzene rings is 2. The third kappa shape index (κ3) is 6.84. The number of aryl methyl sites for hydroxylation is 1. The van der Waals surface area contributed by atoms with E-state index in [0.717, 1.165) is 28.2 Å². The lowest BCUT2D eigenvalue weighted by molar-refractivity contribution is -0.121. The highest BCUT2D eigenvalue weighted by atomic mass is 16.5. The molecule has 3 rings (SSSR count). The molecule has 7 heteroatoms. The summed E-state index contributed by atoms with van der Waals surface area (Å²) in [6.07, 6.45) is 1.11. The van der Waals surface area contributed by atoms with Gasteiger partial charge < -0.3 is 14.6 Å². The summed E-state index contributed by atoms with van der Waals surface area (Å²) in [5, 5.41) is 6.92. The molecule has 0 fully saturated rings. The average Bonchev–Trinajstić information content (AvgIpc) is 3.11. The molecule has 0 aliphatic rings. The molecule has 0 unspecified atom stereocenters. The number of ether oxygens (including phenoxy) is 1. The third-order valence-electron chi connectivity index (χ3n) is 6.01. The lowest BCUT2D eigenvalue weighted by atomic mass is 9.87. The van der Waals surface area contributed by atoms with Gasteiger partial charge in [0.05, 0.1) is 25.3 Å². The van der Waals surface area contributed by atoms with Gasteiger partial charge in [0.25, 0.3) is 0 Å². The van der Waals surface area contributed by atoms with Gasteiger partial charge in [0.2, 0.25) is 5.91 Å². The van der Waals surface area contributed by atoms with Crippen molar-refractivity contribution >= 4 is 18.2 Å². The molecule has 190 valence electrons. The first kappa shape index (κ1) is 26.7. The molecule has 0 radical (unpaired) electrons. The molecule has 1 atom stereocenters. The van der Waals surface area contributed by atoms with Gasteiger partial charge in [-0.3, -0.25) is 4.79 Å². The molecule has 7 nitrogen and oxygen atoms in total. The molecule has 1 aromatic heterocycles. The SMILES string of the molecule is CCOC(=O)N[C@H](CC(=O)N/N=C\c1cc(C)n(-c2ccc(C(C)(C)C)cc2)c1C)c1ccccc1. The molecule has 2 aromatic carbocycles. The van der Waals surface area contributed by atoms with Crippen LogP contribution in [0.2, 0.25) is 0 Å². The largest absolute Gasteiger partial charge is 0.450 e. The molecule has 2 amide bonds. The van der Waals surface area contributed by atoms with Gasteiger partial charge in [0, 0.05) is 22.6 Å². The number of alkyl carbamates (subject to hydrolysis) is 1. The first-order valence-corrected chi connectivity index (χ1v) is 12.2. The minimum absolute atomic E-state index is 0.0271. The van der Waals surface area contributed by atoms with Crippen molar-refractivity contribution in [2.45, 2.75) is 59.4 Å². The smallest absolute Gasteiger partial charge is 0.407 e. The van der Waals surface area contributed by atoms with Crippen LogP contribution in [0.3, 0.4) is 0 Å².